The number of ether oxygens (including phenoxy) is 2. The molecule has 0 saturated heterocycles. The molecule has 0 aliphatic rings. The first kappa shape index (κ1) is 18.5. The van der Waals surface area contributed by atoms with E-state index in [4.69, 9.17) is 9.47 Å². The Morgan fingerprint density at radius 3 is 2.00 bits per heavy atom. The summed E-state index contributed by atoms with van der Waals surface area (Å²) in [6.45, 7) is 4.88. The second-order valence-electron chi connectivity index (χ2n) is 6.37. The van der Waals surface area contributed by atoms with Crippen molar-refractivity contribution in [1.82, 2.24) is 10.2 Å². The van der Waals surface area contributed by atoms with Crippen LogP contribution in [0.2, 0.25) is 0 Å². The van der Waals surface area contributed by atoms with Crippen LogP contribution < -0.4 is 9.47 Å². The van der Waals surface area contributed by atoms with Crippen LogP contribution in [0.15, 0.2) is 66.7 Å². The maximum atomic E-state index is 5.96. The third kappa shape index (κ3) is 5.86. The van der Waals surface area contributed by atoms with Gasteiger partial charge in [-0.05, 0) is 17.0 Å². The van der Waals surface area contributed by atoms with E-state index in [0.29, 0.717) is 30.5 Å². The molecule has 27 heavy (non-hydrogen) atoms. The molecule has 0 bridgehead atoms. The van der Waals surface area contributed by atoms with Crippen molar-refractivity contribution in [2.24, 2.45) is 5.92 Å². The van der Waals surface area contributed by atoms with Crippen molar-refractivity contribution >= 4 is 0 Å². The molecular formula is C23H22N2O2. The molecule has 0 fully saturated rings. The quantitative estimate of drug-likeness (QED) is 0.602. The molecule has 0 unspecified atom stereocenters. The summed E-state index contributed by atoms with van der Waals surface area (Å²) < 4.78 is 11.8. The fraction of sp³-hybridized carbons (Fsp3) is 0.217. The highest BCUT2D eigenvalue weighted by molar-refractivity contribution is 5.40. The zero-order chi connectivity index (χ0) is 18.9. The maximum Gasteiger partial charge on any atom is 0.276 e. The summed E-state index contributed by atoms with van der Waals surface area (Å²) >= 11 is 0. The van der Waals surface area contributed by atoms with Gasteiger partial charge in [-0.15, -0.1) is 10.2 Å². The molecule has 2 aromatic carbocycles. The van der Waals surface area contributed by atoms with Gasteiger partial charge in [-0.1, -0.05) is 80.4 Å². The van der Waals surface area contributed by atoms with E-state index in [1.807, 2.05) is 74.5 Å². The molecular weight excluding hydrogens is 336 g/mol. The number of hydrogen-bond acceptors (Lipinski definition) is 4. The number of hydrogen-bond donors (Lipinski definition) is 0. The van der Waals surface area contributed by atoms with Crippen molar-refractivity contribution in [2.45, 2.75) is 27.1 Å². The summed E-state index contributed by atoms with van der Waals surface area (Å²) in [5.74, 6) is 7.28. The lowest BCUT2D eigenvalue weighted by Crippen LogP contribution is -2.04. The van der Waals surface area contributed by atoms with Crippen LogP contribution in [0.25, 0.3) is 0 Å². The van der Waals surface area contributed by atoms with Crippen molar-refractivity contribution in [3.8, 4) is 23.5 Å². The van der Waals surface area contributed by atoms with Crippen LogP contribution in [0.3, 0.4) is 0 Å². The van der Waals surface area contributed by atoms with E-state index in [2.05, 4.69) is 22.0 Å². The van der Waals surface area contributed by atoms with Crippen molar-refractivity contribution in [2.75, 3.05) is 0 Å². The van der Waals surface area contributed by atoms with Gasteiger partial charge < -0.3 is 9.47 Å². The molecule has 4 nitrogen and oxygen atoms in total. The van der Waals surface area contributed by atoms with Gasteiger partial charge in [-0.25, -0.2) is 0 Å². The lowest BCUT2D eigenvalue weighted by molar-refractivity contribution is 0.244. The molecule has 4 heteroatoms. The summed E-state index contributed by atoms with van der Waals surface area (Å²) in [4.78, 5) is 0. The lowest BCUT2D eigenvalue weighted by atomic mass is 10.2. The molecule has 0 radical (unpaired) electrons. The summed E-state index contributed by atoms with van der Waals surface area (Å²) in [5.41, 5.74) is 2.69. The second-order valence-corrected chi connectivity index (χ2v) is 6.37. The van der Waals surface area contributed by atoms with Crippen molar-refractivity contribution in [3.05, 3.63) is 83.6 Å². The van der Waals surface area contributed by atoms with Crippen molar-refractivity contribution in [1.29, 1.82) is 0 Å². The number of benzene rings is 2. The predicted octanol–water partition coefficient (Wildman–Crippen LogP) is 4.64. The highest BCUT2D eigenvalue weighted by atomic mass is 16.5. The topological polar surface area (TPSA) is 44.2 Å². The average Bonchev–Trinajstić information content (AvgIpc) is 2.71. The van der Waals surface area contributed by atoms with E-state index >= 15 is 0 Å². The van der Waals surface area contributed by atoms with Gasteiger partial charge in [0.1, 0.15) is 18.9 Å². The molecule has 1 aromatic heterocycles. The molecule has 3 aromatic rings. The van der Waals surface area contributed by atoms with Crippen LogP contribution in [-0.2, 0) is 13.2 Å². The average molecular weight is 358 g/mol. The number of rotatable bonds is 6. The van der Waals surface area contributed by atoms with Gasteiger partial charge in [-0.3, -0.25) is 0 Å². The molecule has 0 spiro atoms. The van der Waals surface area contributed by atoms with Gasteiger partial charge >= 0.3 is 0 Å². The number of aromatic nitrogens is 2. The van der Waals surface area contributed by atoms with Crippen molar-refractivity contribution in [3.63, 3.8) is 0 Å². The molecule has 136 valence electrons. The van der Waals surface area contributed by atoms with Gasteiger partial charge in [0.2, 0.25) is 0 Å². The minimum absolute atomic E-state index is 0.259. The third-order valence-corrected chi connectivity index (χ3v) is 3.67. The van der Waals surface area contributed by atoms with Crippen LogP contribution >= 0.6 is 0 Å². The fourth-order valence-corrected chi connectivity index (χ4v) is 2.31. The molecule has 1 heterocycles. The largest absolute Gasteiger partial charge is 0.483 e. The summed E-state index contributed by atoms with van der Waals surface area (Å²) in [6.07, 6.45) is 0. The van der Waals surface area contributed by atoms with Gasteiger partial charge in [0.05, 0.1) is 0 Å². The Labute approximate surface area is 160 Å². The SMILES string of the molecule is CC(C)C#Cc1cc(OCc2ccccc2)c(OCc2ccccc2)nn1. The third-order valence-electron chi connectivity index (χ3n) is 3.67. The van der Waals surface area contributed by atoms with Crippen LogP contribution in [0.4, 0.5) is 0 Å². The second kappa shape index (κ2) is 9.40. The summed E-state index contributed by atoms with van der Waals surface area (Å²) in [5, 5.41) is 8.33. The molecule has 0 aliphatic carbocycles. The summed E-state index contributed by atoms with van der Waals surface area (Å²) in [6, 6.07) is 21.7. The van der Waals surface area contributed by atoms with Gasteiger partial charge in [0, 0.05) is 12.0 Å². The van der Waals surface area contributed by atoms with E-state index in [9.17, 15) is 0 Å². The standard InChI is InChI=1S/C23H22N2O2/c1-18(2)13-14-21-15-22(26-16-19-9-5-3-6-10-19)23(25-24-21)27-17-20-11-7-4-8-12-20/h3-12,15,18H,16-17H2,1-2H3. The van der Waals surface area contributed by atoms with E-state index in [1.54, 1.807) is 6.07 Å². The zero-order valence-electron chi connectivity index (χ0n) is 15.6. The Kier molecular flexibility index (Phi) is 6.43. The predicted molar refractivity (Wildman–Crippen MR) is 105 cm³/mol. The maximum absolute atomic E-state index is 5.96. The first-order chi connectivity index (χ1) is 13.2. The van der Waals surface area contributed by atoms with Crippen LogP contribution in [-0.4, -0.2) is 10.2 Å². The van der Waals surface area contributed by atoms with E-state index in [0.717, 1.165) is 11.1 Å². The van der Waals surface area contributed by atoms with E-state index in [-0.39, 0.29) is 5.92 Å². The minimum Gasteiger partial charge on any atom is -0.483 e. The van der Waals surface area contributed by atoms with Crippen molar-refractivity contribution < 1.29 is 9.47 Å². The highest BCUT2D eigenvalue weighted by Crippen LogP contribution is 2.26. The van der Waals surface area contributed by atoms with Crippen LogP contribution in [0, 0.1) is 17.8 Å². The minimum atomic E-state index is 0.259. The Morgan fingerprint density at radius 1 is 0.815 bits per heavy atom. The Bertz CT molecular complexity index is 913. The molecule has 0 saturated carbocycles. The van der Waals surface area contributed by atoms with E-state index in [1.165, 1.54) is 0 Å². The molecule has 0 aliphatic heterocycles. The first-order valence-electron chi connectivity index (χ1n) is 8.93. The molecule has 0 amide bonds. The van der Waals surface area contributed by atoms with Crippen LogP contribution in [0.5, 0.6) is 11.6 Å². The Hall–Kier alpha value is -3.32. The Morgan fingerprint density at radius 2 is 1.41 bits per heavy atom. The van der Waals surface area contributed by atoms with Crippen LogP contribution in [0.1, 0.15) is 30.7 Å². The van der Waals surface area contributed by atoms with Gasteiger partial charge in [0.25, 0.3) is 5.88 Å². The smallest absolute Gasteiger partial charge is 0.276 e. The summed E-state index contributed by atoms with van der Waals surface area (Å²) in [7, 11) is 0. The lowest BCUT2D eigenvalue weighted by Gasteiger charge is -2.11. The normalized spacial score (nSPS) is 10.2. The van der Waals surface area contributed by atoms with Gasteiger partial charge in [0.15, 0.2) is 5.75 Å². The number of nitrogens with zero attached hydrogens (tertiary/aromatic N) is 2. The Balaban J connectivity index is 1.78. The molecule has 3 rings (SSSR count). The van der Waals surface area contributed by atoms with E-state index < -0.39 is 0 Å². The monoisotopic (exact) mass is 358 g/mol. The van der Waals surface area contributed by atoms with Gasteiger partial charge in [-0.2, -0.15) is 0 Å². The molecule has 0 atom stereocenters. The zero-order valence-corrected chi connectivity index (χ0v) is 15.6. The first-order valence-corrected chi connectivity index (χ1v) is 8.93. The highest BCUT2D eigenvalue weighted by Gasteiger charge is 2.10. The molecule has 0 N–H and O–H groups in total. The fourth-order valence-electron chi connectivity index (χ4n) is 2.31.